The van der Waals surface area contributed by atoms with Crippen molar-refractivity contribution in [3.63, 3.8) is 0 Å². The van der Waals surface area contributed by atoms with E-state index in [2.05, 4.69) is 25.9 Å². The number of nitrogens with zero attached hydrogens (tertiary/aromatic N) is 2. The maximum Gasteiger partial charge on any atom is 0.157 e. The highest BCUT2D eigenvalue weighted by Gasteiger charge is 2.13. The van der Waals surface area contributed by atoms with Crippen LogP contribution >= 0.6 is 0 Å². The molecular weight excluding hydrogens is 166 g/mol. The molecule has 0 aliphatic carbocycles. The second-order valence-electron chi connectivity index (χ2n) is 3.93. The minimum absolute atomic E-state index is 0.00429. The minimum atomic E-state index is 0.00429. The van der Waals surface area contributed by atoms with Crippen molar-refractivity contribution in [3.05, 3.63) is 12.4 Å². The van der Waals surface area contributed by atoms with Crippen LogP contribution in [0.15, 0.2) is 12.4 Å². The molecule has 0 atom stereocenters. The first-order valence-corrected chi connectivity index (χ1v) is 4.42. The monoisotopic (exact) mass is 183 g/mol. The van der Waals surface area contributed by atoms with Gasteiger partial charge in [-0.3, -0.25) is 4.68 Å². The fourth-order valence-corrected chi connectivity index (χ4v) is 0.924. The topological polar surface area (TPSA) is 53.1 Å². The molecule has 0 fully saturated rings. The normalized spacial score (nSPS) is 11.7. The lowest BCUT2D eigenvalue weighted by Gasteiger charge is -2.18. The highest BCUT2D eigenvalue weighted by molar-refractivity contribution is 5.12. The van der Waals surface area contributed by atoms with Crippen LogP contribution in [0.5, 0.6) is 5.75 Å². The Bertz CT molecular complexity index is 262. The van der Waals surface area contributed by atoms with E-state index >= 15 is 0 Å². The highest BCUT2D eigenvalue weighted by Crippen LogP contribution is 2.16. The lowest BCUT2D eigenvalue weighted by Crippen LogP contribution is -2.21. The second-order valence-corrected chi connectivity index (χ2v) is 3.93. The molecule has 74 valence electrons. The van der Waals surface area contributed by atoms with Gasteiger partial charge >= 0.3 is 0 Å². The Labute approximate surface area is 78.7 Å². The Morgan fingerprint density at radius 1 is 1.54 bits per heavy atom. The number of nitrogens with two attached hydrogens (primary N) is 1. The molecule has 1 aromatic heterocycles. The van der Waals surface area contributed by atoms with Crippen molar-refractivity contribution in [2.45, 2.75) is 26.3 Å². The predicted molar refractivity (Wildman–Crippen MR) is 51.8 cm³/mol. The van der Waals surface area contributed by atoms with Crippen molar-refractivity contribution in [3.8, 4) is 5.75 Å². The van der Waals surface area contributed by atoms with E-state index in [1.165, 1.54) is 0 Å². The van der Waals surface area contributed by atoms with E-state index in [0.29, 0.717) is 13.2 Å². The average molecular weight is 183 g/mol. The summed E-state index contributed by atoms with van der Waals surface area (Å²) >= 11 is 0. The molecule has 2 N–H and O–H groups in total. The van der Waals surface area contributed by atoms with Gasteiger partial charge in [-0.25, -0.2) is 0 Å². The third kappa shape index (κ3) is 2.73. The second kappa shape index (κ2) is 3.79. The van der Waals surface area contributed by atoms with Crippen LogP contribution in [0, 0.1) is 0 Å². The van der Waals surface area contributed by atoms with Crippen LogP contribution in [0.25, 0.3) is 0 Å². The van der Waals surface area contributed by atoms with Crippen LogP contribution in [0.2, 0.25) is 0 Å². The van der Waals surface area contributed by atoms with Crippen LogP contribution in [-0.4, -0.2) is 22.9 Å². The van der Waals surface area contributed by atoms with E-state index in [1.807, 2.05) is 10.9 Å². The third-order valence-corrected chi connectivity index (χ3v) is 1.63. The molecule has 1 aromatic rings. The number of ether oxygens (including phenoxy) is 1. The molecule has 0 aliphatic rings. The van der Waals surface area contributed by atoms with Crippen LogP contribution < -0.4 is 10.5 Å². The quantitative estimate of drug-likeness (QED) is 0.759. The van der Waals surface area contributed by atoms with E-state index in [9.17, 15) is 0 Å². The van der Waals surface area contributed by atoms with Crippen molar-refractivity contribution in [2.24, 2.45) is 5.73 Å². The van der Waals surface area contributed by atoms with Gasteiger partial charge in [0.2, 0.25) is 0 Å². The lowest BCUT2D eigenvalue weighted by atomic mass is 10.1. The molecule has 1 rings (SSSR count). The summed E-state index contributed by atoms with van der Waals surface area (Å²) in [4.78, 5) is 0. The van der Waals surface area contributed by atoms with Gasteiger partial charge in [-0.2, -0.15) is 5.10 Å². The Morgan fingerprint density at radius 3 is 2.69 bits per heavy atom. The SMILES string of the molecule is CC(C)(C)n1cc(OCCN)cn1. The number of aromatic nitrogens is 2. The van der Waals surface area contributed by atoms with Gasteiger partial charge in [-0.05, 0) is 20.8 Å². The van der Waals surface area contributed by atoms with Crippen LogP contribution in [0.3, 0.4) is 0 Å². The first-order chi connectivity index (χ1) is 6.04. The molecule has 4 nitrogen and oxygen atoms in total. The predicted octanol–water partition coefficient (Wildman–Crippen LogP) is 0.976. The van der Waals surface area contributed by atoms with E-state index in [0.717, 1.165) is 5.75 Å². The molecule has 0 amide bonds. The van der Waals surface area contributed by atoms with Gasteiger partial charge in [0.05, 0.1) is 17.9 Å². The summed E-state index contributed by atoms with van der Waals surface area (Å²) in [5, 5.41) is 4.19. The zero-order chi connectivity index (χ0) is 9.90. The molecule has 4 heteroatoms. The van der Waals surface area contributed by atoms with Crippen molar-refractivity contribution >= 4 is 0 Å². The number of hydrogen-bond acceptors (Lipinski definition) is 3. The van der Waals surface area contributed by atoms with E-state index < -0.39 is 0 Å². The summed E-state index contributed by atoms with van der Waals surface area (Å²) in [5.41, 5.74) is 5.32. The summed E-state index contributed by atoms with van der Waals surface area (Å²) in [6.07, 6.45) is 3.59. The minimum Gasteiger partial charge on any atom is -0.489 e. The van der Waals surface area contributed by atoms with E-state index in [4.69, 9.17) is 10.5 Å². The Hall–Kier alpha value is -1.03. The van der Waals surface area contributed by atoms with Crippen molar-refractivity contribution in [1.29, 1.82) is 0 Å². The largest absolute Gasteiger partial charge is 0.489 e. The van der Waals surface area contributed by atoms with Crippen LogP contribution in [0.4, 0.5) is 0 Å². The van der Waals surface area contributed by atoms with Crippen molar-refractivity contribution < 1.29 is 4.74 Å². The first-order valence-electron chi connectivity index (χ1n) is 4.42. The van der Waals surface area contributed by atoms with Gasteiger partial charge in [0.25, 0.3) is 0 Å². The highest BCUT2D eigenvalue weighted by atomic mass is 16.5. The molecule has 0 saturated heterocycles. The first kappa shape index (κ1) is 10.1. The molecule has 1 heterocycles. The van der Waals surface area contributed by atoms with Crippen LogP contribution in [-0.2, 0) is 5.54 Å². The number of rotatable bonds is 3. The summed E-state index contributed by atoms with van der Waals surface area (Å²) in [6, 6.07) is 0. The summed E-state index contributed by atoms with van der Waals surface area (Å²) in [5.74, 6) is 0.778. The molecule has 0 unspecified atom stereocenters. The van der Waals surface area contributed by atoms with Crippen LogP contribution in [0.1, 0.15) is 20.8 Å². The van der Waals surface area contributed by atoms with Gasteiger partial charge in [-0.15, -0.1) is 0 Å². The molecule has 13 heavy (non-hydrogen) atoms. The van der Waals surface area contributed by atoms with Gasteiger partial charge in [0.15, 0.2) is 5.75 Å². The lowest BCUT2D eigenvalue weighted by molar-refractivity contribution is 0.322. The Morgan fingerprint density at radius 2 is 2.23 bits per heavy atom. The van der Waals surface area contributed by atoms with Crippen molar-refractivity contribution in [1.82, 2.24) is 9.78 Å². The van der Waals surface area contributed by atoms with Gasteiger partial charge in [0.1, 0.15) is 6.61 Å². The fraction of sp³-hybridized carbons (Fsp3) is 0.667. The standard InChI is InChI=1S/C9H17N3O/c1-9(2,3)12-7-8(6-11-12)13-5-4-10/h6-7H,4-5,10H2,1-3H3. The summed E-state index contributed by atoms with van der Waals surface area (Å²) in [7, 11) is 0. The smallest absolute Gasteiger partial charge is 0.157 e. The molecule has 0 aliphatic heterocycles. The average Bonchev–Trinajstić information content (AvgIpc) is 2.47. The maximum atomic E-state index is 5.32. The zero-order valence-electron chi connectivity index (χ0n) is 8.45. The Kier molecular flexibility index (Phi) is 2.93. The zero-order valence-corrected chi connectivity index (χ0v) is 8.45. The molecule has 0 spiro atoms. The Balaban J connectivity index is 2.64. The fourth-order valence-electron chi connectivity index (χ4n) is 0.924. The number of hydrogen-bond donors (Lipinski definition) is 1. The summed E-state index contributed by atoms with van der Waals surface area (Å²) in [6.45, 7) is 7.34. The van der Waals surface area contributed by atoms with Gasteiger partial charge in [0, 0.05) is 6.54 Å². The molecule has 0 aromatic carbocycles. The maximum absolute atomic E-state index is 5.32. The van der Waals surface area contributed by atoms with Crippen molar-refractivity contribution in [2.75, 3.05) is 13.2 Å². The van der Waals surface area contributed by atoms with Gasteiger partial charge in [-0.1, -0.05) is 0 Å². The summed E-state index contributed by atoms with van der Waals surface area (Å²) < 4.78 is 7.20. The van der Waals surface area contributed by atoms with E-state index in [-0.39, 0.29) is 5.54 Å². The third-order valence-electron chi connectivity index (χ3n) is 1.63. The molecule has 0 bridgehead atoms. The molecule has 0 saturated carbocycles. The molecular formula is C9H17N3O. The molecule has 0 radical (unpaired) electrons. The van der Waals surface area contributed by atoms with Gasteiger partial charge < -0.3 is 10.5 Å². The van der Waals surface area contributed by atoms with E-state index in [1.54, 1.807) is 6.20 Å².